The van der Waals surface area contributed by atoms with Gasteiger partial charge in [-0.1, -0.05) is 0 Å². The summed E-state index contributed by atoms with van der Waals surface area (Å²) in [6.45, 7) is 3.02. The molecule has 2 N–H and O–H groups in total. The number of nitrogens with one attached hydrogen (secondary N) is 1. The average molecular weight is 226 g/mol. The smallest absolute Gasteiger partial charge is 0.223 e. The highest BCUT2D eigenvalue weighted by Crippen LogP contribution is 2.24. The zero-order valence-corrected chi connectivity index (χ0v) is 9.98. The number of aliphatic hydroxyl groups is 1. The van der Waals surface area contributed by atoms with Crippen molar-refractivity contribution in [2.75, 3.05) is 26.7 Å². The van der Waals surface area contributed by atoms with Crippen molar-refractivity contribution < 1.29 is 9.90 Å². The largest absolute Gasteiger partial charge is 0.393 e. The van der Waals surface area contributed by atoms with Crippen LogP contribution in [0.5, 0.6) is 0 Å². The molecule has 0 aromatic heterocycles. The molecule has 2 aliphatic rings. The molecule has 0 aromatic rings. The van der Waals surface area contributed by atoms with E-state index in [2.05, 4.69) is 17.3 Å². The number of likely N-dealkylation sites (tertiary alicyclic amines) is 1. The lowest BCUT2D eigenvalue weighted by atomic mass is 9.87. The van der Waals surface area contributed by atoms with E-state index in [-0.39, 0.29) is 17.9 Å². The van der Waals surface area contributed by atoms with Crippen LogP contribution in [0, 0.1) is 11.8 Å². The van der Waals surface area contributed by atoms with Crippen LogP contribution in [-0.2, 0) is 4.79 Å². The summed E-state index contributed by atoms with van der Waals surface area (Å²) in [6, 6.07) is 0. The van der Waals surface area contributed by atoms with Gasteiger partial charge in [-0.25, -0.2) is 0 Å². The lowest BCUT2D eigenvalue weighted by Gasteiger charge is -2.36. The van der Waals surface area contributed by atoms with Crippen LogP contribution in [0.2, 0.25) is 0 Å². The number of aliphatic hydroxyl groups excluding tert-OH is 1. The molecule has 92 valence electrons. The van der Waals surface area contributed by atoms with Gasteiger partial charge in [-0.15, -0.1) is 0 Å². The molecule has 0 radical (unpaired) electrons. The summed E-state index contributed by atoms with van der Waals surface area (Å²) in [6.07, 6.45) is 3.08. The summed E-state index contributed by atoms with van der Waals surface area (Å²) in [7, 11) is 2.10. The molecule has 16 heavy (non-hydrogen) atoms. The van der Waals surface area contributed by atoms with Crippen molar-refractivity contribution in [3.63, 3.8) is 0 Å². The first kappa shape index (κ1) is 11.9. The van der Waals surface area contributed by atoms with Crippen LogP contribution in [-0.4, -0.2) is 48.7 Å². The molecule has 2 fully saturated rings. The average Bonchev–Trinajstić information content (AvgIpc) is 2.23. The van der Waals surface area contributed by atoms with Gasteiger partial charge >= 0.3 is 0 Å². The number of carbonyl (C=O) groups excluding carboxylic acids is 1. The lowest BCUT2D eigenvalue weighted by molar-refractivity contribution is -0.127. The predicted molar refractivity (Wildman–Crippen MR) is 62.0 cm³/mol. The van der Waals surface area contributed by atoms with Crippen LogP contribution in [0.4, 0.5) is 0 Å². The molecule has 1 saturated carbocycles. The molecule has 4 nitrogen and oxygen atoms in total. The van der Waals surface area contributed by atoms with Gasteiger partial charge < -0.3 is 15.3 Å². The Balaban J connectivity index is 1.64. The van der Waals surface area contributed by atoms with Crippen molar-refractivity contribution in [1.82, 2.24) is 10.2 Å². The zero-order valence-electron chi connectivity index (χ0n) is 9.98. The standard InChI is InChI=1S/C12H22N2O2/c1-14-7-9(8-14)6-13-12(16)10-2-4-11(15)5-3-10/h9-11,15H,2-8H2,1H3,(H,13,16). The normalized spacial score (nSPS) is 32.1. The van der Waals surface area contributed by atoms with Gasteiger partial charge in [0.25, 0.3) is 0 Å². The van der Waals surface area contributed by atoms with Crippen molar-refractivity contribution >= 4 is 5.91 Å². The molecule has 1 saturated heterocycles. The summed E-state index contributed by atoms with van der Waals surface area (Å²) in [5, 5.41) is 12.4. The van der Waals surface area contributed by atoms with E-state index in [0.29, 0.717) is 5.92 Å². The van der Waals surface area contributed by atoms with Crippen LogP contribution in [0.25, 0.3) is 0 Å². The van der Waals surface area contributed by atoms with Crippen LogP contribution < -0.4 is 5.32 Å². The fourth-order valence-electron chi connectivity index (χ4n) is 2.68. The molecule has 0 bridgehead atoms. The highest BCUT2D eigenvalue weighted by Gasteiger charge is 2.27. The molecular weight excluding hydrogens is 204 g/mol. The quantitative estimate of drug-likeness (QED) is 0.723. The third-order valence-electron chi connectivity index (χ3n) is 3.77. The van der Waals surface area contributed by atoms with E-state index in [1.165, 1.54) is 0 Å². The van der Waals surface area contributed by atoms with Gasteiger partial charge in [-0.05, 0) is 32.7 Å². The second-order valence-corrected chi connectivity index (χ2v) is 5.34. The fourth-order valence-corrected chi connectivity index (χ4v) is 2.68. The monoisotopic (exact) mass is 226 g/mol. The van der Waals surface area contributed by atoms with Crippen molar-refractivity contribution in [3.05, 3.63) is 0 Å². The molecule has 0 unspecified atom stereocenters. The van der Waals surface area contributed by atoms with E-state index in [4.69, 9.17) is 0 Å². The third kappa shape index (κ3) is 2.95. The van der Waals surface area contributed by atoms with Crippen molar-refractivity contribution in [2.45, 2.75) is 31.8 Å². The van der Waals surface area contributed by atoms with E-state index >= 15 is 0 Å². The molecule has 4 heteroatoms. The topological polar surface area (TPSA) is 52.6 Å². The van der Waals surface area contributed by atoms with E-state index in [0.717, 1.165) is 45.3 Å². The number of carbonyl (C=O) groups is 1. The maximum atomic E-state index is 11.8. The zero-order chi connectivity index (χ0) is 11.5. The van der Waals surface area contributed by atoms with Crippen LogP contribution >= 0.6 is 0 Å². The third-order valence-corrected chi connectivity index (χ3v) is 3.77. The fraction of sp³-hybridized carbons (Fsp3) is 0.917. The molecule has 0 spiro atoms. The van der Waals surface area contributed by atoms with Crippen LogP contribution in [0.3, 0.4) is 0 Å². The first-order valence-electron chi connectivity index (χ1n) is 6.29. The second-order valence-electron chi connectivity index (χ2n) is 5.34. The molecule has 2 rings (SSSR count). The van der Waals surface area contributed by atoms with E-state index in [9.17, 15) is 9.90 Å². The minimum atomic E-state index is -0.177. The molecule has 0 atom stereocenters. The first-order valence-corrected chi connectivity index (χ1v) is 6.29. The molecule has 1 amide bonds. The number of rotatable bonds is 3. The highest BCUT2D eigenvalue weighted by molar-refractivity contribution is 5.78. The molecule has 1 heterocycles. The van der Waals surface area contributed by atoms with Gasteiger partial charge in [0.1, 0.15) is 0 Å². The van der Waals surface area contributed by atoms with Gasteiger partial charge in [-0.2, -0.15) is 0 Å². The van der Waals surface area contributed by atoms with E-state index in [1.54, 1.807) is 0 Å². The first-order chi connectivity index (χ1) is 7.65. The van der Waals surface area contributed by atoms with Gasteiger partial charge in [0.15, 0.2) is 0 Å². The Hall–Kier alpha value is -0.610. The van der Waals surface area contributed by atoms with Crippen LogP contribution in [0.1, 0.15) is 25.7 Å². The summed E-state index contributed by atoms with van der Waals surface area (Å²) >= 11 is 0. The summed E-state index contributed by atoms with van der Waals surface area (Å²) in [5.41, 5.74) is 0. The Kier molecular flexibility index (Phi) is 3.82. The summed E-state index contributed by atoms with van der Waals surface area (Å²) in [5.74, 6) is 0.978. The Labute approximate surface area is 97.0 Å². The SMILES string of the molecule is CN1CC(CNC(=O)C2CCC(O)CC2)C1. The highest BCUT2D eigenvalue weighted by atomic mass is 16.3. The minimum Gasteiger partial charge on any atom is -0.393 e. The molecule has 1 aliphatic heterocycles. The Bertz CT molecular complexity index is 243. The molecular formula is C12H22N2O2. The number of hydrogen-bond donors (Lipinski definition) is 2. The molecule has 1 aliphatic carbocycles. The van der Waals surface area contributed by atoms with Crippen molar-refractivity contribution in [3.8, 4) is 0 Å². The second kappa shape index (κ2) is 5.15. The Morgan fingerprint density at radius 1 is 1.31 bits per heavy atom. The van der Waals surface area contributed by atoms with Crippen molar-refractivity contribution in [1.29, 1.82) is 0 Å². The van der Waals surface area contributed by atoms with Gasteiger partial charge in [0.2, 0.25) is 5.91 Å². The summed E-state index contributed by atoms with van der Waals surface area (Å²) < 4.78 is 0. The minimum absolute atomic E-state index is 0.140. The number of nitrogens with zero attached hydrogens (tertiary/aromatic N) is 1. The van der Waals surface area contributed by atoms with E-state index in [1.807, 2.05) is 0 Å². The summed E-state index contributed by atoms with van der Waals surface area (Å²) in [4.78, 5) is 14.1. The Morgan fingerprint density at radius 2 is 1.94 bits per heavy atom. The number of hydrogen-bond acceptors (Lipinski definition) is 3. The Morgan fingerprint density at radius 3 is 2.50 bits per heavy atom. The maximum Gasteiger partial charge on any atom is 0.223 e. The van der Waals surface area contributed by atoms with E-state index < -0.39 is 0 Å². The van der Waals surface area contributed by atoms with Crippen LogP contribution in [0.15, 0.2) is 0 Å². The predicted octanol–water partition coefficient (Wildman–Crippen LogP) is 0.215. The van der Waals surface area contributed by atoms with Crippen molar-refractivity contribution in [2.24, 2.45) is 11.8 Å². The molecule has 0 aromatic carbocycles. The number of amides is 1. The van der Waals surface area contributed by atoms with Gasteiger partial charge in [0.05, 0.1) is 6.10 Å². The van der Waals surface area contributed by atoms with Gasteiger partial charge in [0, 0.05) is 31.5 Å². The maximum absolute atomic E-state index is 11.8. The van der Waals surface area contributed by atoms with Gasteiger partial charge in [-0.3, -0.25) is 4.79 Å². The lowest BCUT2D eigenvalue weighted by Crippen LogP contribution is -2.50.